The number of benzene rings is 2. The number of rotatable bonds is 5. The highest BCUT2D eigenvalue weighted by molar-refractivity contribution is 9.10. The monoisotopic (exact) mass is 323 g/mol. The number of halogens is 2. The van der Waals surface area contributed by atoms with Gasteiger partial charge in [-0.25, -0.2) is 4.39 Å². The molecule has 0 atom stereocenters. The molecule has 100 valence electrons. The molecule has 0 spiro atoms. The molecule has 0 heterocycles. The minimum atomic E-state index is -0.266. The first kappa shape index (κ1) is 14.0. The number of hydrogen-bond donors (Lipinski definition) is 1. The topological polar surface area (TPSA) is 21.3 Å². The Bertz CT molecular complexity index is 560. The van der Waals surface area contributed by atoms with Crippen molar-refractivity contribution in [2.24, 2.45) is 0 Å². The van der Waals surface area contributed by atoms with E-state index in [-0.39, 0.29) is 5.82 Å². The molecule has 1 N–H and O–H groups in total. The maximum Gasteiger partial charge on any atom is 0.139 e. The van der Waals surface area contributed by atoms with Gasteiger partial charge in [0.15, 0.2) is 0 Å². The zero-order valence-corrected chi connectivity index (χ0v) is 12.2. The van der Waals surface area contributed by atoms with Crippen LogP contribution in [0.5, 0.6) is 0 Å². The highest BCUT2D eigenvalue weighted by Crippen LogP contribution is 2.20. The third kappa shape index (κ3) is 4.04. The van der Waals surface area contributed by atoms with Gasteiger partial charge in [0, 0.05) is 19.3 Å². The number of nitrogens with one attached hydrogen (secondary N) is 1. The SMILES string of the molecule is COCc1cccc(CNc2ccc(Br)c(F)c2)c1. The van der Waals surface area contributed by atoms with Crippen LogP contribution in [0.1, 0.15) is 11.1 Å². The first-order valence-corrected chi connectivity index (χ1v) is 6.74. The van der Waals surface area contributed by atoms with Crippen molar-refractivity contribution in [1.82, 2.24) is 0 Å². The fourth-order valence-electron chi connectivity index (χ4n) is 1.81. The molecule has 0 unspecified atom stereocenters. The zero-order valence-electron chi connectivity index (χ0n) is 10.6. The number of anilines is 1. The molecule has 4 heteroatoms. The highest BCUT2D eigenvalue weighted by Gasteiger charge is 2.01. The van der Waals surface area contributed by atoms with Crippen LogP contribution in [0.15, 0.2) is 46.9 Å². The van der Waals surface area contributed by atoms with E-state index in [9.17, 15) is 4.39 Å². The minimum Gasteiger partial charge on any atom is -0.381 e. The average molecular weight is 324 g/mol. The third-order valence-electron chi connectivity index (χ3n) is 2.72. The molecule has 0 radical (unpaired) electrons. The van der Waals surface area contributed by atoms with Crippen LogP contribution in [0.3, 0.4) is 0 Å². The third-order valence-corrected chi connectivity index (χ3v) is 3.36. The molecule has 0 fully saturated rings. The van der Waals surface area contributed by atoms with Gasteiger partial charge in [0.05, 0.1) is 11.1 Å². The van der Waals surface area contributed by atoms with E-state index in [1.165, 1.54) is 6.07 Å². The van der Waals surface area contributed by atoms with Gasteiger partial charge in [0.1, 0.15) is 5.82 Å². The Morgan fingerprint density at radius 2 is 1.95 bits per heavy atom. The summed E-state index contributed by atoms with van der Waals surface area (Å²) in [6, 6.07) is 13.1. The van der Waals surface area contributed by atoms with E-state index in [0.29, 0.717) is 17.6 Å². The van der Waals surface area contributed by atoms with E-state index in [2.05, 4.69) is 27.3 Å². The predicted octanol–water partition coefficient (Wildman–Crippen LogP) is 4.35. The van der Waals surface area contributed by atoms with Gasteiger partial charge in [-0.05, 0) is 45.3 Å². The van der Waals surface area contributed by atoms with Crippen molar-refractivity contribution < 1.29 is 9.13 Å². The van der Waals surface area contributed by atoms with Crippen LogP contribution in [0.2, 0.25) is 0 Å². The molecular formula is C15H15BrFNO. The number of methoxy groups -OCH3 is 1. The van der Waals surface area contributed by atoms with Gasteiger partial charge in [0.2, 0.25) is 0 Å². The molecule has 0 aliphatic rings. The van der Waals surface area contributed by atoms with Crippen molar-refractivity contribution in [3.63, 3.8) is 0 Å². The predicted molar refractivity (Wildman–Crippen MR) is 78.6 cm³/mol. The van der Waals surface area contributed by atoms with Gasteiger partial charge in [-0.15, -0.1) is 0 Å². The van der Waals surface area contributed by atoms with Gasteiger partial charge >= 0.3 is 0 Å². The van der Waals surface area contributed by atoms with Crippen LogP contribution in [-0.4, -0.2) is 7.11 Å². The normalized spacial score (nSPS) is 10.5. The van der Waals surface area contributed by atoms with Crippen molar-refractivity contribution in [1.29, 1.82) is 0 Å². The molecule has 0 amide bonds. The molecule has 0 aliphatic carbocycles. The lowest BCUT2D eigenvalue weighted by atomic mass is 10.1. The summed E-state index contributed by atoms with van der Waals surface area (Å²) in [7, 11) is 1.68. The van der Waals surface area contributed by atoms with Crippen molar-refractivity contribution in [3.8, 4) is 0 Å². The van der Waals surface area contributed by atoms with E-state index >= 15 is 0 Å². The summed E-state index contributed by atoms with van der Waals surface area (Å²) in [5.74, 6) is -0.266. The van der Waals surface area contributed by atoms with Gasteiger partial charge in [-0.3, -0.25) is 0 Å². The molecular weight excluding hydrogens is 309 g/mol. The number of hydrogen-bond acceptors (Lipinski definition) is 2. The first-order chi connectivity index (χ1) is 9.19. The van der Waals surface area contributed by atoms with Crippen LogP contribution >= 0.6 is 15.9 Å². The second kappa shape index (κ2) is 6.68. The second-order valence-corrected chi connectivity index (χ2v) is 5.09. The second-order valence-electron chi connectivity index (χ2n) is 4.24. The lowest BCUT2D eigenvalue weighted by Gasteiger charge is -2.08. The quantitative estimate of drug-likeness (QED) is 0.883. The summed E-state index contributed by atoms with van der Waals surface area (Å²) >= 11 is 3.14. The van der Waals surface area contributed by atoms with Crippen molar-refractivity contribution in [2.75, 3.05) is 12.4 Å². The van der Waals surface area contributed by atoms with E-state index in [4.69, 9.17) is 4.74 Å². The molecule has 0 bridgehead atoms. The van der Waals surface area contributed by atoms with Crippen LogP contribution < -0.4 is 5.32 Å². The average Bonchev–Trinajstić information content (AvgIpc) is 2.41. The van der Waals surface area contributed by atoms with Crippen molar-refractivity contribution in [3.05, 3.63) is 63.9 Å². The first-order valence-electron chi connectivity index (χ1n) is 5.94. The maximum absolute atomic E-state index is 13.4. The minimum absolute atomic E-state index is 0.266. The zero-order chi connectivity index (χ0) is 13.7. The van der Waals surface area contributed by atoms with Crippen LogP contribution in [0.4, 0.5) is 10.1 Å². The molecule has 0 saturated carbocycles. The van der Waals surface area contributed by atoms with E-state index in [1.54, 1.807) is 13.2 Å². The summed E-state index contributed by atoms with van der Waals surface area (Å²) in [6.45, 7) is 1.25. The van der Waals surface area contributed by atoms with Gasteiger partial charge in [0.25, 0.3) is 0 Å². The molecule has 2 aromatic carbocycles. The van der Waals surface area contributed by atoms with Crippen molar-refractivity contribution >= 4 is 21.6 Å². The largest absolute Gasteiger partial charge is 0.381 e. The van der Waals surface area contributed by atoms with Crippen molar-refractivity contribution in [2.45, 2.75) is 13.2 Å². The Kier molecular flexibility index (Phi) is 4.93. The summed E-state index contributed by atoms with van der Waals surface area (Å²) in [4.78, 5) is 0. The summed E-state index contributed by atoms with van der Waals surface area (Å²) < 4.78 is 18.9. The molecule has 19 heavy (non-hydrogen) atoms. The standard InChI is InChI=1S/C15H15BrFNO/c1-19-10-12-4-2-3-11(7-12)9-18-13-5-6-14(16)15(17)8-13/h2-8,18H,9-10H2,1H3. The molecule has 2 rings (SSSR count). The van der Waals surface area contributed by atoms with Gasteiger partial charge in [-0.1, -0.05) is 24.3 Å². The highest BCUT2D eigenvalue weighted by atomic mass is 79.9. The fourth-order valence-corrected chi connectivity index (χ4v) is 2.05. The summed E-state index contributed by atoms with van der Waals surface area (Å²) in [6.07, 6.45) is 0. The van der Waals surface area contributed by atoms with Gasteiger partial charge in [-0.2, -0.15) is 0 Å². The Labute approximate surface area is 120 Å². The van der Waals surface area contributed by atoms with E-state index in [1.807, 2.05) is 24.3 Å². The fraction of sp³-hybridized carbons (Fsp3) is 0.200. The smallest absolute Gasteiger partial charge is 0.139 e. The Hall–Kier alpha value is -1.39. The molecule has 2 aromatic rings. The Morgan fingerprint density at radius 1 is 1.16 bits per heavy atom. The Balaban J connectivity index is 2.01. The van der Waals surface area contributed by atoms with E-state index < -0.39 is 0 Å². The van der Waals surface area contributed by atoms with Crippen LogP contribution in [0, 0.1) is 5.82 Å². The number of ether oxygens (including phenoxy) is 1. The Morgan fingerprint density at radius 3 is 2.68 bits per heavy atom. The molecule has 0 aromatic heterocycles. The molecule has 0 aliphatic heterocycles. The van der Waals surface area contributed by atoms with Gasteiger partial charge < -0.3 is 10.1 Å². The summed E-state index contributed by atoms with van der Waals surface area (Å²) in [5.41, 5.74) is 3.03. The maximum atomic E-state index is 13.4. The molecule has 0 saturated heterocycles. The van der Waals surface area contributed by atoms with Crippen LogP contribution in [0.25, 0.3) is 0 Å². The lowest BCUT2D eigenvalue weighted by molar-refractivity contribution is 0.185. The lowest BCUT2D eigenvalue weighted by Crippen LogP contribution is -2.00. The van der Waals surface area contributed by atoms with E-state index in [0.717, 1.165) is 16.8 Å². The molecule has 2 nitrogen and oxygen atoms in total. The van der Waals surface area contributed by atoms with Crippen LogP contribution in [-0.2, 0) is 17.9 Å². The summed E-state index contributed by atoms with van der Waals surface area (Å²) in [5, 5.41) is 3.20.